The third-order valence-corrected chi connectivity index (χ3v) is 5.02. The Hall–Kier alpha value is -3.52. The predicted molar refractivity (Wildman–Crippen MR) is 111 cm³/mol. The van der Waals surface area contributed by atoms with Crippen LogP contribution in [0.3, 0.4) is 0 Å². The van der Waals surface area contributed by atoms with Gasteiger partial charge in [0.2, 0.25) is 0 Å². The molecule has 0 radical (unpaired) electrons. The van der Waals surface area contributed by atoms with Gasteiger partial charge in [-0.1, -0.05) is 39.0 Å². The van der Waals surface area contributed by atoms with Gasteiger partial charge in [0.25, 0.3) is 0 Å². The molecule has 5 heteroatoms. The molecule has 4 aromatic rings. The van der Waals surface area contributed by atoms with Crippen molar-refractivity contribution in [1.29, 1.82) is 0 Å². The van der Waals surface area contributed by atoms with Crippen LogP contribution in [-0.2, 0) is 5.41 Å². The zero-order valence-electron chi connectivity index (χ0n) is 16.4. The maximum Gasteiger partial charge on any atom is 0.197 e. The molecule has 29 heavy (non-hydrogen) atoms. The van der Waals surface area contributed by atoms with Gasteiger partial charge in [0, 0.05) is 16.8 Å². The van der Waals surface area contributed by atoms with Gasteiger partial charge in [-0.2, -0.15) is 0 Å². The second-order valence-corrected chi connectivity index (χ2v) is 7.98. The number of fused-ring (bicyclic) bond motifs is 1. The van der Waals surface area contributed by atoms with Crippen molar-refractivity contribution >= 4 is 16.7 Å². The van der Waals surface area contributed by atoms with E-state index in [-0.39, 0.29) is 22.2 Å². The Morgan fingerprint density at radius 1 is 0.966 bits per heavy atom. The molecule has 3 aromatic carbocycles. The Morgan fingerprint density at radius 3 is 2.48 bits per heavy atom. The SMILES string of the molecule is [C-]#[N+]c1cccc(F)c1-c1cc(-n2cnc3cc(C(C)(C)C)ccc32)ccc1F. The lowest BCUT2D eigenvalue weighted by Crippen LogP contribution is -2.10. The van der Waals surface area contributed by atoms with Gasteiger partial charge in [-0.3, -0.25) is 4.57 Å². The molecule has 0 bridgehead atoms. The first-order chi connectivity index (χ1) is 13.8. The van der Waals surface area contributed by atoms with E-state index in [1.54, 1.807) is 18.5 Å². The van der Waals surface area contributed by atoms with E-state index < -0.39 is 11.6 Å². The number of rotatable bonds is 2. The lowest BCUT2D eigenvalue weighted by Gasteiger charge is -2.18. The fourth-order valence-corrected chi connectivity index (χ4v) is 3.41. The number of benzene rings is 3. The number of halogens is 2. The summed E-state index contributed by atoms with van der Waals surface area (Å²) in [5, 5.41) is 0. The molecule has 0 aliphatic heterocycles. The van der Waals surface area contributed by atoms with Crippen molar-refractivity contribution < 1.29 is 8.78 Å². The van der Waals surface area contributed by atoms with E-state index in [1.165, 1.54) is 29.8 Å². The summed E-state index contributed by atoms with van der Waals surface area (Å²) in [5.41, 5.74) is 3.62. The summed E-state index contributed by atoms with van der Waals surface area (Å²) in [4.78, 5) is 7.84. The maximum atomic E-state index is 14.6. The van der Waals surface area contributed by atoms with E-state index in [2.05, 4.69) is 36.7 Å². The van der Waals surface area contributed by atoms with E-state index in [0.29, 0.717) is 5.69 Å². The van der Waals surface area contributed by atoms with Crippen LogP contribution in [0.2, 0.25) is 0 Å². The van der Waals surface area contributed by atoms with Crippen molar-refractivity contribution in [2.75, 3.05) is 0 Å². The molecule has 0 spiro atoms. The molecular weight excluding hydrogens is 368 g/mol. The minimum absolute atomic E-state index is 0.00200. The van der Waals surface area contributed by atoms with E-state index in [1.807, 2.05) is 16.7 Å². The summed E-state index contributed by atoms with van der Waals surface area (Å²) in [6.07, 6.45) is 1.67. The fraction of sp³-hybridized carbons (Fsp3) is 0.167. The molecule has 0 aliphatic carbocycles. The Labute approximate surface area is 168 Å². The van der Waals surface area contributed by atoms with Crippen LogP contribution in [0.5, 0.6) is 0 Å². The second kappa shape index (κ2) is 6.82. The molecular formula is C24H19F2N3. The monoisotopic (exact) mass is 387 g/mol. The lowest BCUT2D eigenvalue weighted by atomic mass is 9.87. The molecule has 0 unspecified atom stereocenters. The van der Waals surface area contributed by atoms with Gasteiger partial charge in [0.1, 0.15) is 18.0 Å². The maximum absolute atomic E-state index is 14.6. The van der Waals surface area contributed by atoms with Crippen LogP contribution >= 0.6 is 0 Å². The van der Waals surface area contributed by atoms with Crippen LogP contribution in [0.1, 0.15) is 26.3 Å². The van der Waals surface area contributed by atoms with Gasteiger partial charge in [0.05, 0.1) is 17.6 Å². The summed E-state index contributed by atoms with van der Waals surface area (Å²) in [6.45, 7) is 13.7. The Kier molecular flexibility index (Phi) is 4.43. The Bertz CT molecular complexity index is 1270. The number of hydrogen-bond donors (Lipinski definition) is 0. The molecule has 1 aromatic heterocycles. The highest BCUT2D eigenvalue weighted by atomic mass is 19.1. The Morgan fingerprint density at radius 2 is 1.76 bits per heavy atom. The van der Waals surface area contributed by atoms with Crippen LogP contribution in [0, 0.1) is 18.2 Å². The molecule has 3 nitrogen and oxygen atoms in total. The highest BCUT2D eigenvalue weighted by Gasteiger charge is 2.18. The highest BCUT2D eigenvalue weighted by molar-refractivity contribution is 5.82. The van der Waals surface area contributed by atoms with Gasteiger partial charge >= 0.3 is 0 Å². The smallest absolute Gasteiger partial charge is 0.197 e. The molecule has 0 N–H and O–H groups in total. The number of aromatic nitrogens is 2. The molecule has 4 rings (SSSR count). The van der Waals surface area contributed by atoms with E-state index in [9.17, 15) is 8.78 Å². The Balaban J connectivity index is 1.89. The summed E-state index contributed by atoms with van der Waals surface area (Å²) in [7, 11) is 0. The average Bonchev–Trinajstić information content (AvgIpc) is 3.11. The first kappa shape index (κ1) is 18.8. The van der Waals surface area contributed by atoms with Crippen molar-refractivity contribution in [2.45, 2.75) is 26.2 Å². The van der Waals surface area contributed by atoms with Crippen molar-refractivity contribution in [3.8, 4) is 16.8 Å². The average molecular weight is 387 g/mol. The van der Waals surface area contributed by atoms with Crippen LogP contribution in [0.25, 0.3) is 32.7 Å². The standard InChI is InChI=1S/C24H19F2N3/c1-24(2,3)15-8-11-22-21(12-15)28-14-29(22)16-9-10-18(25)17(13-16)23-19(26)6-5-7-20(23)27-4/h5-14H,1-3H3. The largest absolute Gasteiger partial charge is 0.299 e. The predicted octanol–water partition coefficient (Wildman–Crippen LogP) is 6.82. The highest BCUT2D eigenvalue weighted by Crippen LogP contribution is 2.36. The first-order valence-electron chi connectivity index (χ1n) is 9.23. The third-order valence-electron chi connectivity index (χ3n) is 5.02. The van der Waals surface area contributed by atoms with E-state index in [4.69, 9.17) is 6.57 Å². The molecule has 144 valence electrons. The molecule has 0 saturated carbocycles. The van der Waals surface area contributed by atoms with Crippen molar-refractivity contribution in [3.63, 3.8) is 0 Å². The van der Waals surface area contributed by atoms with Crippen LogP contribution < -0.4 is 0 Å². The molecule has 0 aliphatic rings. The number of imidazole rings is 1. The molecule has 1 heterocycles. The minimum Gasteiger partial charge on any atom is -0.299 e. The fourth-order valence-electron chi connectivity index (χ4n) is 3.41. The normalized spacial score (nSPS) is 11.6. The summed E-state index contributed by atoms with van der Waals surface area (Å²) in [5.74, 6) is -1.21. The second-order valence-electron chi connectivity index (χ2n) is 7.98. The quantitative estimate of drug-likeness (QED) is 0.346. The molecule has 0 fully saturated rings. The van der Waals surface area contributed by atoms with Gasteiger partial charge in [0.15, 0.2) is 5.69 Å². The third kappa shape index (κ3) is 3.27. The van der Waals surface area contributed by atoms with Gasteiger partial charge in [-0.15, -0.1) is 0 Å². The van der Waals surface area contributed by atoms with Crippen LogP contribution in [0.4, 0.5) is 14.5 Å². The number of hydrogen-bond acceptors (Lipinski definition) is 1. The zero-order valence-corrected chi connectivity index (χ0v) is 16.4. The molecule has 0 saturated heterocycles. The van der Waals surface area contributed by atoms with Crippen LogP contribution in [-0.4, -0.2) is 9.55 Å². The van der Waals surface area contributed by atoms with Gasteiger partial charge in [-0.25, -0.2) is 18.6 Å². The van der Waals surface area contributed by atoms with Gasteiger partial charge in [-0.05, 0) is 47.4 Å². The number of nitrogens with zero attached hydrogens (tertiary/aromatic N) is 3. The van der Waals surface area contributed by atoms with E-state index in [0.717, 1.165) is 11.0 Å². The minimum atomic E-state index is -0.625. The zero-order chi connectivity index (χ0) is 20.8. The lowest BCUT2D eigenvalue weighted by molar-refractivity contribution is 0.591. The summed E-state index contributed by atoms with van der Waals surface area (Å²) < 4.78 is 30.9. The van der Waals surface area contributed by atoms with Gasteiger partial charge < -0.3 is 0 Å². The molecule has 0 amide bonds. The van der Waals surface area contributed by atoms with E-state index >= 15 is 0 Å². The van der Waals surface area contributed by atoms with Crippen molar-refractivity contribution in [1.82, 2.24) is 9.55 Å². The molecule has 0 atom stereocenters. The summed E-state index contributed by atoms with van der Waals surface area (Å²) >= 11 is 0. The first-order valence-corrected chi connectivity index (χ1v) is 9.23. The van der Waals surface area contributed by atoms with Crippen molar-refractivity contribution in [3.05, 3.63) is 89.5 Å². The van der Waals surface area contributed by atoms with Crippen LogP contribution in [0.15, 0.2) is 60.9 Å². The summed E-state index contributed by atoms with van der Waals surface area (Å²) in [6, 6.07) is 14.7. The van der Waals surface area contributed by atoms with Crippen molar-refractivity contribution in [2.24, 2.45) is 0 Å². The topological polar surface area (TPSA) is 22.2 Å².